The Bertz CT molecular complexity index is 165. The van der Waals surface area contributed by atoms with Crippen LogP contribution in [0.4, 0.5) is 0 Å². The molecular weight excluding hydrogens is 178 g/mol. The molecule has 0 spiro atoms. The summed E-state index contributed by atoms with van der Waals surface area (Å²) in [4.78, 5) is 11.6. The number of carbonyl (C=O) groups excluding carboxylic acids is 1. The first-order chi connectivity index (χ1) is 6.51. The van der Waals surface area contributed by atoms with Gasteiger partial charge in [-0.3, -0.25) is 4.79 Å². The Balaban J connectivity index is 3.91. The molecular formula is C11H23NO2. The molecule has 0 radical (unpaired) electrons. The minimum Gasteiger partial charge on any atom is -0.393 e. The minimum absolute atomic E-state index is 0.0584. The fourth-order valence-electron chi connectivity index (χ4n) is 1.59. The van der Waals surface area contributed by atoms with E-state index in [2.05, 4.69) is 5.32 Å². The van der Waals surface area contributed by atoms with Gasteiger partial charge in [-0.1, -0.05) is 13.8 Å². The van der Waals surface area contributed by atoms with Crippen LogP contribution >= 0.6 is 0 Å². The predicted molar refractivity (Wildman–Crippen MR) is 58.0 cm³/mol. The fraction of sp³-hybridized carbons (Fsp3) is 0.909. The molecule has 0 aliphatic carbocycles. The summed E-state index contributed by atoms with van der Waals surface area (Å²) in [5, 5.41) is 12.1. The van der Waals surface area contributed by atoms with Crippen molar-refractivity contribution in [2.45, 2.75) is 59.1 Å². The normalized spacial score (nSPS) is 15.3. The summed E-state index contributed by atoms with van der Waals surface area (Å²) in [6.07, 6.45) is 2.02. The van der Waals surface area contributed by atoms with Crippen molar-refractivity contribution in [3.05, 3.63) is 0 Å². The fourth-order valence-corrected chi connectivity index (χ4v) is 1.59. The summed E-state index contributed by atoms with van der Waals surface area (Å²) < 4.78 is 0. The van der Waals surface area contributed by atoms with Crippen LogP contribution < -0.4 is 5.32 Å². The van der Waals surface area contributed by atoms with Gasteiger partial charge in [0.05, 0.1) is 6.10 Å². The van der Waals surface area contributed by atoms with Gasteiger partial charge in [0, 0.05) is 12.0 Å². The molecule has 0 aliphatic rings. The highest BCUT2D eigenvalue weighted by atomic mass is 16.3. The summed E-state index contributed by atoms with van der Waals surface area (Å²) in [5.74, 6) is 0.231. The van der Waals surface area contributed by atoms with Crippen LogP contribution in [0.5, 0.6) is 0 Å². The van der Waals surface area contributed by atoms with Crippen LogP contribution in [0.15, 0.2) is 0 Å². The van der Waals surface area contributed by atoms with E-state index in [0.717, 1.165) is 12.8 Å². The zero-order valence-electron chi connectivity index (χ0n) is 9.71. The van der Waals surface area contributed by atoms with E-state index in [1.54, 1.807) is 6.92 Å². The second-order valence-corrected chi connectivity index (χ2v) is 4.01. The van der Waals surface area contributed by atoms with Gasteiger partial charge in [-0.15, -0.1) is 0 Å². The molecule has 2 atom stereocenters. The maximum absolute atomic E-state index is 11.6. The Labute approximate surface area is 86.9 Å². The Hall–Kier alpha value is -0.570. The van der Waals surface area contributed by atoms with Crippen LogP contribution in [-0.4, -0.2) is 23.2 Å². The number of hydrogen-bond acceptors (Lipinski definition) is 2. The monoisotopic (exact) mass is 201 g/mol. The van der Waals surface area contributed by atoms with Crippen molar-refractivity contribution in [3.63, 3.8) is 0 Å². The quantitative estimate of drug-likeness (QED) is 0.687. The molecule has 84 valence electrons. The number of hydrogen-bond donors (Lipinski definition) is 2. The standard InChI is InChI=1S/C11H23NO2/c1-5-10(6-2)11(14)12-8(3)7-9(4)13/h8-10,13H,5-7H2,1-4H3,(H,12,14). The molecule has 2 N–H and O–H groups in total. The Morgan fingerprint density at radius 2 is 1.79 bits per heavy atom. The van der Waals surface area contributed by atoms with Gasteiger partial charge in [0.15, 0.2) is 0 Å². The summed E-state index contributed by atoms with van der Waals surface area (Å²) >= 11 is 0. The molecule has 0 heterocycles. The van der Waals surface area contributed by atoms with Crippen LogP contribution in [-0.2, 0) is 4.79 Å². The summed E-state index contributed by atoms with van der Waals surface area (Å²) in [7, 11) is 0. The first-order valence-corrected chi connectivity index (χ1v) is 5.49. The van der Waals surface area contributed by atoms with Crippen molar-refractivity contribution in [2.24, 2.45) is 5.92 Å². The van der Waals surface area contributed by atoms with E-state index in [4.69, 9.17) is 5.11 Å². The van der Waals surface area contributed by atoms with E-state index >= 15 is 0 Å². The molecule has 0 fully saturated rings. The summed E-state index contributed by atoms with van der Waals surface area (Å²) in [6, 6.07) is 0.0584. The lowest BCUT2D eigenvalue weighted by Gasteiger charge is -2.19. The highest BCUT2D eigenvalue weighted by Gasteiger charge is 2.16. The van der Waals surface area contributed by atoms with Crippen molar-refractivity contribution >= 4 is 5.91 Å². The van der Waals surface area contributed by atoms with E-state index < -0.39 is 0 Å². The van der Waals surface area contributed by atoms with Gasteiger partial charge in [0.2, 0.25) is 5.91 Å². The lowest BCUT2D eigenvalue weighted by Crippen LogP contribution is -2.38. The van der Waals surface area contributed by atoms with Gasteiger partial charge in [-0.25, -0.2) is 0 Å². The number of aliphatic hydroxyl groups is 1. The second kappa shape index (κ2) is 6.82. The number of aliphatic hydroxyl groups excluding tert-OH is 1. The minimum atomic E-state index is -0.355. The molecule has 1 amide bonds. The number of nitrogens with one attached hydrogen (secondary N) is 1. The molecule has 0 bridgehead atoms. The van der Waals surface area contributed by atoms with E-state index in [0.29, 0.717) is 6.42 Å². The lowest BCUT2D eigenvalue weighted by atomic mass is 10.0. The van der Waals surface area contributed by atoms with Crippen molar-refractivity contribution < 1.29 is 9.90 Å². The van der Waals surface area contributed by atoms with Gasteiger partial charge in [-0.2, -0.15) is 0 Å². The van der Waals surface area contributed by atoms with Crippen LogP contribution in [0.2, 0.25) is 0 Å². The van der Waals surface area contributed by atoms with E-state index in [9.17, 15) is 4.79 Å². The third kappa shape index (κ3) is 5.22. The van der Waals surface area contributed by atoms with Crippen LogP contribution in [0, 0.1) is 5.92 Å². The van der Waals surface area contributed by atoms with Crippen LogP contribution in [0.25, 0.3) is 0 Å². The smallest absolute Gasteiger partial charge is 0.223 e. The first-order valence-electron chi connectivity index (χ1n) is 5.49. The van der Waals surface area contributed by atoms with Crippen LogP contribution in [0.1, 0.15) is 47.0 Å². The van der Waals surface area contributed by atoms with E-state index in [1.807, 2.05) is 20.8 Å². The number of rotatable bonds is 6. The summed E-state index contributed by atoms with van der Waals surface area (Å²) in [6.45, 7) is 7.70. The average Bonchev–Trinajstić information content (AvgIpc) is 2.04. The Kier molecular flexibility index (Phi) is 6.54. The Morgan fingerprint density at radius 3 is 2.14 bits per heavy atom. The molecule has 0 saturated heterocycles. The van der Waals surface area contributed by atoms with Gasteiger partial charge in [0.25, 0.3) is 0 Å². The topological polar surface area (TPSA) is 49.3 Å². The first kappa shape index (κ1) is 13.4. The highest BCUT2D eigenvalue weighted by Crippen LogP contribution is 2.08. The molecule has 2 unspecified atom stereocenters. The molecule has 0 aromatic heterocycles. The molecule has 0 aromatic carbocycles. The van der Waals surface area contributed by atoms with Gasteiger partial charge >= 0.3 is 0 Å². The van der Waals surface area contributed by atoms with Gasteiger partial charge < -0.3 is 10.4 Å². The van der Waals surface area contributed by atoms with E-state index in [1.165, 1.54) is 0 Å². The third-order valence-electron chi connectivity index (χ3n) is 2.44. The van der Waals surface area contributed by atoms with Crippen molar-refractivity contribution in [3.8, 4) is 0 Å². The molecule has 3 nitrogen and oxygen atoms in total. The van der Waals surface area contributed by atoms with Crippen molar-refractivity contribution in [1.29, 1.82) is 0 Å². The maximum atomic E-state index is 11.6. The third-order valence-corrected chi connectivity index (χ3v) is 2.44. The zero-order chi connectivity index (χ0) is 11.1. The second-order valence-electron chi connectivity index (χ2n) is 4.01. The Morgan fingerprint density at radius 1 is 1.29 bits per heavy atom. The largest absolute Gasteiger partial charge is 0.393 e. The predicted octanol–water partition coefficient (Wildman–Crippen LogP) is 1.70. The molecule has 0 aromatic rings. The summed E-state index contributed by atoms with van der Waals surface area (Å²) in [5.41, 5.74) is 0. The SMILES string of the molecule is CCC(CC)C(=O)NC(C)CC(C)O. The molecule has 0 rings (SSSR count). The lowest BCUT2D eigenvalue weighted by molar-refractivity contribution is -0.125. The molecule has 3 heteroatoms. The number of carbonyl (C=O) groups is 1. The van der Waals surface area contributed by atoms with Gasteiger partial charge in [-0.05, 0) is 33.1 Å². The van der Waals surface area contributed by atoms with Gasteiger partial charge in [0.1, 0.15) is 0 Å². The zero-order valence-corrected chi connectivity index (χ0v) is 9.71. The van der Waals surface area contributed by atoms with Crippen LogP contribution in [0.3, 0.4) is 0 Å². The van der Waals surface area contributed by atoms with Crippen molar-refractivity contribution in [1.82, 2.24) is 5.32 Å². The maximum Gasteiger partial charge on any atom is 0.223 e. The average molecular weight is 201 g/mol. The van der Waals surface area contributed by atoms with Crippen molar-refractivity contribution in [2.75, 3.05) is 0 Å². The molecule has 0 aliphatic heterocycles. The molecule has 0 saturated carbocycles. The number of amides is 1. The highest BCUT2D eigenvalue weighted by molar-refractivity contribution is 5.78. The van der Waals surface area contributed by atoms with E-state index in [-0.39, 0.29) is 24.0 Å². The molecule has 14 heavy (non-hydrogen) atoms.